The Hall–Kier alpha value is -2.92. The fourth-order valence-corrected chi connectivity index (χ4v) is 5.13. The van der Waals surface area contributed by atoms with E-state index in [1.54, 1.807) is 6.20 Å². The van der Waals surface area contributed by atoms with E-state index in [-0.39, 0.29) is 11.9 Å². The van der Waals surface area contributed by atoms with Crippen LogP contribution in [0.25, 0.3) is 0 Å². The van der Waals surface area contributed by atoms with Crippen LogP contribution in [0.3, 0.4) is 0 Å². The Morgan fingerprint density at radius 1 is 1.06 bits per heavy atom. The van der Waals surface area contributed by atoms with Gasteiger partial charge in [0.05, 0.1) is 18.3 Å². The minimum absolute atomic E-state index is 0.0702. The van der Waals surface area contributed by atoms with Crippen LogP contribution in [-0.2, 0) is 19.4 Å². The zero-order valence-electron chi connectivity index (χ0n) is 18.2. The highest BCUT2D eigenvalue weighted by molar-refractivity contribution is 5.93. The summed E-state index contributed by atoms with van der Waals surface area (Å²) in [7, 11) is 1.95. The monoisotopic (exact) mass is 414 g/mol. The van der Waals surface area contributed by atoms with E-state index < -0.39 is 0 Å². The van der Waals surface area contributed by atoms with Gasteiger partial charge in [-0.1, -0.05) is 54.6 Å². The minimum atomic E-state index is 0.0702. The molecule has 5 rings (SSSR count). The number of hydrogen-bond donors (Lipinski definition) is 0. The van der Waals surface area contributed by atoms with E-state index in [1.165, 1.54) is 16.7 Å². The number of fused-ring (bicyclic) bond motifs is 1. The van der Waals surface area contributed by atoms with Crippen molar-refractivity contribution in [2.24, 2.45) is 0 Å². The molecule has 0 N–H and O–H groups in total. The van der Waals surface area contributed by atoms with Gasteiger partial charge >= 0.3 is 0 Å². The van der Waals surface area contributed by atoms with Crippen LogP contribution in [0.1, 0.15) is 39.9 Å². The van der Waals surface area contributed by atoms with Crippen LogP contribution in [0.4, 0.5) is 0 Å². The molecule has 0 saturated carbocycles. The number of likely N-dealkylation sites (N-methyl/N-ethyl adjacent to an activating group) is 1. The average Bonchev–Trinajstić information content (AvgIpc) is 3.46. The number of piperidine rings is 1. The van der Waals surface area contributed by atoms with Crippen LogP contribution in [-0.4, -0.2) is 57.7 Å². The van der Waals surface area contributed by atoms with Gasteiger partial charge in [-0.2, -0.15) is 5.10 Å². The summed E-state index contributed by atoms with van der Waals surface area (Å²) in [6.45, 7) is 2.77. The van der Waals surface area contributed by atoms with Crippen molar-refractivity contribution in [3.63, 3.8) is 0 Å². The number of rotatable bonds is 5. The first-order valence-corrected chi connectivity index (χ1v) is 11.3. The van der Waals surface area contributed by atoms with Gasteiger partial charge in [0.2, 0.25) is 0 Å². The van der Waals surface area contributed by atoms with Crippen molar-refractivity contribution in [2.45, 2.75) is 44.3 Å². The molecule has 1 atom stereocenters. The van der Waals surface area contributed by atoms with Gasteiger partial charge in [-0.05, 0) is 48.9 Å². The number of hydrogen-bond acceptors (Lipinski definition) is 3. The SMILES string of the molecule is CN(C(=O)c1cnn(Cc2ccccc2)c1)C1CCCN(C2Cc3ccccc3C2)C1. The number of aromatic nitrogens is 2. The molecule has 2 heterocycles. The van der Waals surface area contributed by atoms with Gasteiger partial charge in [0.25, 0.3) is 5.91 Å². The van der Waals surface area contributed by atoms with E-state index >= 15 is 0 Å². The zero-order chi connectivity index (χ0) is 21.2. The van der Waals surface area contributed by atoms with Crippen molar-refractivity contribution >= 4 is 5.91 Å². The molecule has 1 aliphatic heterocycles. The highest BCUT2D eigenvalue weighted by Crippen LogP contribution is 2.28. The Morgan fingerprint density at radius 2 is 1.77 bits per heavy atom. The Kier molecular flexibility index (Phi) is 5.60. The van der Waals surface area contributed by atoms with E-state index in [0.717, 1.165) is 38.8 Å². The molecule has 1 fully saturated rings. The Labute approximate surface area is 184 Å². The Bertz CT molecular complexity index is 1020. The van der Waals surface area contributed by atoms with Crippen LogP contribution in [0.15, 0.2) is 67.0 Å². The van der Waals surface area contributed by atoms with E-state index in [4.69, 9.17) is 0 Å². The summed E-state index contributed by atoms with van der Waals surface area (Å²) in [4.78, 5) is 17.7. The molecular weight excluding hydrogens is 384 g/mol. The van der Waals surface area contributed by atoms with Crippen molar-refractivity contribution in [3.8, 4) is 0 Å². The number of carbonyl (C=O) groups excluding carboxylic acids is 1. The third kappa shape index (κ3) is 4.28. The lowest BCUT2D eigenvalue weighted by Crippen LogP contribution is -2.51. The molecule has 1 saturated heterocycles. The minimum Gasteiger partial charge on any atom is -0.337 e. The fraction of sp³-hybridized carbons (Fsp3) is 0.385. The maximum absolute atomic E-state index is 13.2. The largest absolute Gasteiger partial charge is 0.337 e. The molecule has 3 aromatic rings. The number of likely N-dealkylation sites (tertiary alicyclic amines) is 1. The first kappa shape index (κ1) is 20.0. The molecule has 2 aliphatic rings. The molecule has 5 nitrogen and oxygen atoms in total. The highest BCUT2D eigenvalue weighted by atomic mass is 16.2. The second kappa shape index (κ2) is 8.67. The van der Waals surface area contributed by atoms with Crippen molar-refractivity contribution in [2.75, 3.05) is 20.1 Å². The molecular formula is C26H30N4O. The molecule has 0 bridgehead atoms. The summed E-state index contributed by atoms with van der Waals surface area (Å²) >= 11 is 0. The summed E-state index contributed by atoms with van der Waals surface area (Å²) in [5, 5.41) is 4.42. The first-order chi connectivity index (χ1) is 15.2. The number of benzene rings is 2. The molecule has 1 amide bonds. The summed E-state index contributed by atoms with van der Waals surface area (Å²) in [5.74, 6) is 0.0702. The number of nitrogens with zero attached hydrogens (tertiary/aromatic N) is 4. The first-order valence-electron chi connectivity index (χ1n) is 11.3. The van der Waals surface area contributed by atoms with Crippen LogP contribution in [0.2, 0.25) is 0 Å². The second-order valence-electron chi connectivity index (χ2n) is 8.95. The van der Waals surface area contributed by atoms with Crippen LogP contribution in [0.5, 0.6) is 0 Å². The zero-order valence-corrected chi connectivity index (χ0v) is 18.2. The maximum Gasteiger partial charge on any atom is 0.257 e. The molecule has 0 radical (unpaired) electrons. The van der Waals surface area contributed by atoms with Gasteiger partial charge in [-0.25, -0.2) is 0 Å². The van der Waals surface area contributed by atoms with Gasteiger partial charge in [-0.3, -0.25) is 14.4 Å². The normalized spacial score (nSPS) is 19.3. The molecule has 0 spiro atoms. The lowest BCUT2D eigenvalue weighted by Gasteiger charge is -2.40. The van der Waals surface area contributed by atoms with Gasteiger partial charge in [0, 0.05) is 31.9 Å². The van der Waals surface area contributed by atoms with Crippen molar-refractivity contribution in [1.29, 1.82) is 0 Å². The summed E-state index contributed by atoms with van der Waals surface area (Å²) in [5.41, 5.74) is 4.83. The predicted octanol–water partition coefficient (Wildman–Crippen LogP) is 3.64. The molecule has 1 aromatic heterocycles. The maximum atomic E-state index is 13.2. The van der Waals surface area contributed by atoms with Gasteiger partial charge < -0.3 is 4.90 Å². The summed E-state index contributed by atoms with van der Waals surface area (Å²) in [6, 6.07) is 19.8. The molecule has 1 aliphatic carbocycles. The third-order valence-electron chi connectivity index (χ3n) is 6.91. The third-order valence-corrected chi connectivity index (χ3v) is 6.91. The molecule has 160 valence electrons. The molecule has 5 heteroatoms. The number of amides is 1. The van der Waals surface area contributed by atoms with Crippen LogP contribution < -0.4 is 0 Å². The topological polar surface area (TPSA) is 41.4 Å². The Balaban J connectivity index is 1.22. The van der Waals surface area contributed by atoms with Gasteiger partial charge in [0.15, 0.2) is 0 Å². The van der Waals surface area contributed by atoms with E-state index in [2.05, 4.69) is 46.4 Å². The second-order valence-corrected chi connectivity index (χ2v) is 8.95. The average molecular weight is 415 g/mol. The quantitative estimate of drug-likeness (QED) is 0.640. The van der Waals surface area contributed by atoms with Crippen molar-refractivity contribution in [3.05, 3.63) is 89.2 Å². The van der Waals surface area contributed by atoms with Crippen LogP contribution >= 0.6 is 0 Å². The Morgan fingerprint density at radius 3 is 2.52 bits per heavy atom. The van der Waals surface area contributed by atoms with Crippen LogP contribution in [0, 0.1) is 0 Å². The van der Waals surface area contributed by atoms with Crippen molar-refractivity contribution in [1.82, 2.24) is 19.6 Å². The van der Waals surface area contributed by atoms with E-state index in [1.807, 2.05) is 41.0 Å². The molecule has 1 unspecified atom stereocenters. The fourth-order valence-electron chi connectivity index (χ4n) is 5.13. The lowest BCUT2D eigenvalue weighted by atomic mass is 10.0. The van der Waals surface area contributed by atoms with Gasteiger partial charge in [0.1, 0.15) is 0 Å². The van der Waals surface area contributed by atoms with Crippen molar-refractivity contribution < 1.29 is 4.79 Å². The molecule has 2 aromatic carbocycles. The smallest absolute Gasteiger partial charge is 0.257 e. The van der Waals surface area contributed by atoms with E-state index in [9.17, 15) is 4.79 Å². The molecule has 31 heavy (non-hydrogen) atoms. The van der Waals surface area contributed by atoms with Gasteiger partial charge in [-0.15, -0.1) is 0 Å². The standard InChI is InChI=1S/C26H30N4O/c1-28(26(31)23-16-27-30(18-23)17-20-8-3-2-4-9-20)24-12-7-13-29(19-24)25-14-21-10-5-6-11-22(21)15-25/h2-6,8-11,16,18,24-25H,7,12-15,17,19H2,1H3. The summed E-state index contributed by atoms with van der Waals surface area (Å²) in [6.07, 6.45) is 8.05. The highest BCUT2D eigenvalue weighted by Gasteiger charge is 2.33. The van der Waals surface area contributed by atoms with E-state index in [0.29, 0.717) is 18.2 Å². The lowest BCUT2D eigenvalue weighted by molar-refractivity contribution is 0.0555. The summed E-state index contributed by atoms with van der Waals surface area (Å²) < 4.78 is 1.85. The number of carbonyl (C=O) groups is 1. The predicted molar refractivity (Wildman–Crippen MR) is 122 cm³/mol.